The van der Waals surface area contributed by atoms with Crippen molar-refractivity contribution in [3.8, 4) is 5.75 Å². The third-order valence-electron chi connectivity index (χ3n) is 3.38. The lowest BCUT2D eigenvalue weighted by Gasteiger charge is -2.25. The number of urea groups is 1. The molecule has 2 amide bonds. The van der Waals surface area contributed by atoms with Crippen molar-refractivity contribution in [3.05, 3.63) is 41.7 Å². The van der Waals surface area contributed by atoms with Crippen LogP contribution in [0.4, 0.5) is 10.6 Å². The predicted molar refractivity (Wildman–Crippen MR) is 77.4 cm³/mol. The molecule has 0 radical (unpaired) electrons. The standard InChI is InChI=1S/C15H17N3O3/c1-10-6-14(18-21-10)17-15(19)16-8-11-7-12-4-2-3-5-13(12)20-9-11/h2-6,11H,7-9H2,1H3,(H2,16,17,18,19)/t11-/m0/s1. The molecular formula is C15H17N3O3. The second-order valence-corrected chi connectivity index (χ2v) is 5.15. The Hall–Kier alpha value is -2.50. The topological polar surface area (TPSA) is 76.4 Å². The minimum absolute atomic E-state index is 0.268. The first-order valence-corrected chi connectivity index (χ1v) is 6.89. The Balaban J connectivity index is 1.49. The molecule has 1 aromatic carbocycles. The predicted octanol–water partition coefficient (Wildman–Crippen LogP) is 2.36. The number of anilines is 1. The number of amides is 2. The van der Waals surface area contributed by atoms with E-state index < -0.39 is 0 Å². The Morgan fingerprint density at radius 1 is 1.43 bits per heavy atom. The number of carbonyl (C=O) groups is 1. The minimum atomic E-state index is -0.290. The van der Waals surface area contributed by atoms with Crippen LogP contribution in [0.15, 0.2) is 34.9 Å². The zero-order valence-corrected chi connectivity index (χ0v) is 11.8. The van der Waals surface area contributed by atoms with Crippen LogP contribution in [0.1, 0.15) is 11.3 Å². The second-order valence-electron chi connectivity index (χ2n) is 5.15. The lowest BCUT2D eigenvalue weighted by atomic mass is 9.97. The van der Waals surface area contributed by atoms with Crippen LogP contribution in [0.25, 0.3) is 0 Å². The summed E-state index contributed by atoms with van der Waals surface area (Å²) in [6.45, 7) is 2.93. The molecular weight excluding hydrogens is 270 g/mol. The molecule has 0 fully saturated rings. The molecule has 1 aliphatic heterocycles. The van der Waals surface area contributed by atoms with Gasteiger partial charge in [-0.25, -0.2) is 4.79 Å². The van der Waals surface area contributed by atoms with E-state index in [9.17, 15) is 4.79 Å². The van der Waals surface area contributed by atoms with Crippen molar-refractivity contribution in [2.75, 3.05) is 18.5 Å². The Morgan fingerprint density at radius 3 is 3.10 bits per heavy atom. The Labute approximate surface area is 122 Å². The van der Waals surface area contributed by atoms with Crippen LogP contribution in [0.2, 0.25) is 0 Å². The van der Waals surface area contributed by atoms with Gasteiger partial charge < -0.3 is 14.6 Å². The average molecular weight is 287 g/mol. The smallest absolute Gasteiger partial charge is 0.320 e. The van der Waals surface area contributed by atoms with Crippen molar-refractivity contribution < 1.29 is 14.1 Å². The number of benzene rings is 1. The first-order chi connectivity index (χ1) is 10.2. The second kappa shape index (κ2) is 5.87. The maximum Gasteiger partial charge on any atom is 0.320 e. The third kappa shape index (κ3) is 3.34. The molecule has 110 valence electrons. The molecule has 1 aromatic heterocycles. The van der Waals surface area contributed by atoms with Crippen LogP contribution in [-0.2, 0) is 6.42 Å². The number of aromatic nitrogens is 1. The monoisotopic (exact) mass is 287 g/mol. The van der Waals surface area contributed by atoms with Gasteiger partial charge in [0.15, 0.2) is 5.82 Å². The van der Waals surface area contributed by atoms with E-state index in [4.69, 9.17) is 9.26 Å². The molecule has 6 heteroatoms. The molecule has 6 nitrogen and oxygen atoms in total. The fourth-order valence-electron chi connectivity index (χ4n) is 2.34. The molecule has 0 unspecified atom stereocenters. The molecule has 0 saturated carbocycles. The van der Waals surface area contributed by atoms with Gasteiger partial charge in [-0.1, -0.05) is 23.4 Å². The summed E-state index contributed by atoms with van der Waals surface area (Å²) in [4.78, 5) is 11.8. The number of ether oxygens (including phenoxy) is 1. The third-order valence-corrected chi connectivity index (χ3v) is 3.38. The number of hydrogen-bond donors (Lipinski definition) is 2. The van der Waals surface area contributed by atoms with Crippen molar-refractivity contribution in [3.63, 3.8) is 0 Å². The molecule has 0 spiro atoms. The number of para-hydroxylation sites is 1. The van der Waals surface area contributed by atoms with Gasteiger partial charge in [-0.05, 0) is 25.0 Å². The van der Waals surface area contributed by atoms with Crippen LogP contribution >= 0.6 is 0 Å². The SMILES string of the molecule is Cc1cc(NC(=O)NC[C@H]2COc3ccccc3C2)no1. The number of hydrogen-bond acceptors (Lipinski definition) is 4. The first kappa shape index (κ1) is 13.5. The van der Waals surface area contributed by atoms with E-state index in [1.807, 2.05) is 18.2 Å². The highest BCUT2D eigenvalue weighted by Gasteiger charge is 2.20. The summed E-state index contributed by atoms with van der Waals surface area (Å²) >= 11 is 0. The Bertz CT molecular complexity index is 639. The van der Waals surface area contributed by atoms with Crippen molar-refractivity contribution in [2.24, 2.45) is 5.92 Å². The number of aryl methyl sites for hydroxylation is 1. The molecule has 0 bridgehead atoms. The van der Waals surface area contributed by atoms with Gasteiger partial charge in [0.1, 0.15) is 11.5 Å². The summed E-state index contributed by atoms with van der Waals surface area (Å²) in [7, 11) is 0. The van der Waals surface area contributed by atoms with Gasteiger partial charge in [0, 0.05) is 18.5 Å². The lowest BCUT2D eigenvalue weighted by molar-refractivity contribution is 0.215. The number of carbonyl (C=O) groups excluding carboxylic acids is 1. The number of fused-ring (bicyclic) bond motifs is 1. The van der Waals surface area contributed by atoms with Gasteiger partial charge in [-0.15, -0.1) is 0 Å². The summed E-state index contributed by atoms with van der Waals surface area (Å²) in [6, 6.07) is 9.36. The largest absolute Gasteiger partial charge is 0.493 e. The van der Waals surface area contributed by atoms with E-state index in [2.05, 4.69) is 21.9 Å². The summed E-state index contributed by atoms with van der Waals surface area (Å²) < 4.78 is 10.6. The highest BCUT2D eigenvalue weighted by Crippen LogP contribution is 2.26. The minimum Gasteiger partial charge on any atom is -0.493 e. The summed E-state index contributed by atoms with van der Waals surface area (Å²) in [5.74, 6) is 2.28. The molecule has 2 heterocycles. The molecule has 2 aromatic rings. The molecule has 21 heavy (non-hydrogen) atoms. The molecule has 0 aliphatic carbocycles. The van der Waals surface area contributed by atoms with E-state index in [1.165, 1.54) is 5.56 Å². The van der Waals surface area contributed by atoms with E-state index >= 15 is 0 Å². The number of nitrogens with one attached hydrogen (secondary N) is 2. The van der Waals surface area contributed by atoms with Gasteiger partial charge in [0.2, 0.25) is 0 Å². The van der Waals surface area contributed by atoms with Gasteiger partial charge >= 0.3 is 6.03 Å². The summed E-state index contributed by atoms with van der Waals surface area (Å²) in [6.07, 6.45) is 0.902. The quantitative estimate of drug-likeness (QED) is 0.908. The molecule has 1 aliphatic rings. The van der Waals surface area contributed by atoms with Gasteiger partial charge in [0.05, 0.1) is 6.61 Å². The van der Waals surface area contributed by atoms with E-state index in [-0.39, 0.29) is 11.9 Å². The normalized spacial score (nSPS) is 16.7. The van der Waals surface area contributed by atoms with Gasteiger partial charge in [0.25, 0.3) is 0 Å². The summed E-state index contributed by atoms with van der Waals surface area (Å²) in [5.41, 5.74) is 1.18. The lowest BCUT2D eigenvalue weighted by Crippen LogP contribution is -2.37. The average Bonchev–Trinajstić information content (AvgIpc) is 2.90. The first-order valence-electron chi connectivity index (χ1n) is 6.89. The van der Waals surface area contributed by atoms with Crippen LogP contribution < -0.4 is 15.4 Å². The molecule has 3 rings (SSSR count). The maximum atomic E-state index is 11.8. The zero-order chi connectivity index (χ0) is 14.7. The van der Waals surface area contributed by atoms with Crippen LogP contribution in [0.5, 0.6) is 5.75 Å². The fraction of sp³-hybridized carbons (Fsp3) is 0.333. The molecule has 0 saturated heterocycles. The van der Waals surface area contributed by atoms with Crippen molar-refractivity contribution >= 4 is 11.8 Å². The van der Waals surface area contributed by atoms with Crippen molar-refractivity contribution in [1.82, 2.24) is 10.5 Å². The Kier molecular flexibility index (Phi) is 3.77. The van der Waals surface area contributed by atoms with E-state index in [0.29, 0.717) is 24.7 Å². The van der Waals surface area contributed by atoms with Gasteiger partial charge in [-0.2, -0.15) is 0 Å². The maximum absolute atomic E-state index is 11.8. The fourth-order valence-corrected chi connectivity index (χ4v) is 2.34. The summed E-state index contributed by atoms with van der Waals surface area (Å²) in [5, 5.41) is 9.16. The number of rotatable bonds is 3. The van der Waals surface area contributed by atoms with Crippen molar-refractivity contribution in [1.29, 1.82) is 0 Å². The van der Waals surface area contributed by atoms with Gasteiger partial charge in [-0.3, -0.25) is 5.32 Å². The van der Waals surface area contributed by atoms with Crippen LogP contribution in [0, 0.1) is 12.8 Å². The van der Waals surface area contributed by atoms with Crippen molar-refractivity contribution in [2.45, 2.75) is 13.3 Å². The number of nitrogens with zero attached hydrogens (tertiary/aromatic N) is 1. The highest BCUT2D eigenvalue weighted by atomic mass is 16.5. The molecule has 2 N–H and O–H groups in total. The van der Waals surface area contributed by atoms with E-state index in [0.717, 1.165) is 12.2 Å². The highest BCUT2D eigenvalue weighted by molar-refractivity contribution is 5.88. The van der Waals surface area contributed by atoms with E-state index in [1.54, 1.807) is 13.0 Å². The van der Waals surface area contributed by atoms with Crippen LogP contribution in [0.3, 0.4) is 0 Å². The Morgan fingerprint density at radius 2 is 2.29 bits per heavy atom. The molecule has 1 atom stereocenters. The zero-order valence-electron chi connectivity index (χ0n) is 11.8. The van der Waals surface area contributed by atoms with Crippen LogP contribution in [-0.4, -0.2) is 24.3 Å².